The first-order chi connectivity index (χ1) is 12.7. The largest absolute Gasteiger partial charge is 0.469 e. The number of ether oxygens (including phenoxy) is 2. The number of hydrogen-bond donors (Lipinski definition) is 2. The lowest BCUT2D eigenvalue weighted by Gasteiger charge is -2.43. The average Bonchev–Trinajstić information content (AvgIpc) is 3.03. The van der Waals surface area contributed by atoms with Gasteiger partial charge >= 0.3 is 11.9 Å². The number of fused-ring (bicyclic) bond motifs is 3. The molecule has 0 aromatic rings. The predicted molar refractivity (Wildman–Crippen MR) is 96.3 cm³/mol. The summed E-state index contributed by atoms with van der Waals surface area (Å²) < 4.78 is 10.2. The zero-order valence-electron chi connectivity index (χ0n) is 16.2. The van der Waals surface area contributed by atoms with Gasteiger partial charge in [-0.25, -0.2) is 0 Å². The van der Waals surface area contributed by atoms with Gasteiger partial charge < -0.3 is 19.7 Å². The molecule has 0 aliphatic heterocycles. The molecule has 0 radical (unpaired) electrons. The molecule has 4 rings (SSSR count). The molecule has 6 heteroatoms. The Balaban J connectivity index is 1.93. The molecule has 27 heavy (non-hydrogen) atoms. The molecule has 0 aromatic heterocycles. The summed E-state index contributed by atoms with van der Waals surface area (Å²) in [6.07, 6.45) is 3.74. The zero-order chi connectivity index (χ0) is 19.8. The highest BCUT2D eigenvalue weighted by atomic mass is 16.5. The van der Waals surface area contributed by atoms with Crippen LogP contribution >= 0.6 is 0 Å². The molecule has 0 heterocycles. The smallest absolute Gasteiger partial charge is 0.314 e. The van der Waals surface area contributed by atoms with Gasteiger partial charge in [-0.3, -0.25) is 9.59 Å². The number of hydrogen-bond acceptors (Lipinski definition) is 6. The minimum atomic E-state index is -1.23. The average molecular weight is 376 g/mol. The van der Waals surface area contributed by atoms with Crippen molar-refractivity contribution in [2.24, 2.45) is 28.6 Å². The first-order valence-electron chi connectivity index (χ1n) is 9.60. The first kappa shape index (κ1) is 18.7. The molecular weight excluding hydrogens is 348 g/mol. The van der Waals surface area contributed by atoms with Crippen molar-refractivity contribution in [3.63, 3.8) is 0 Å². The van der Waals surface area contributed by atoms with Crippen LogP contribution in [0.5, 0.6) is 0 Å². The summed E-state index contributed by atoms with van der Waals surface area (Å²) in [7, 11) is 2.66. The maximum absolute atomic E-state index is 13.0. The summed E-state index contributed by atoms with van der Waals surface area (Å²) in [6, 6.07) is 0. The van der Waals surface area contributed by atoms with Crippen LogP contribution in [0.1, 0.15) is 39.0 Å². The summed E-state index contributed by atoms with van der Waals surface area (Å²) in [4.78, 5) is 25.8. The third kappa shape index (κ3) is 2.08. The highest BCUT2D eigenvalue weighted by Crippen LogP contribution is 2.73. The van der Waals surface area contributed by atoms with Crippen LogP contribution in [0.25, 0.3) is 0 Å². The Hall–Kier alpha value is -1.66. The fourth-order valence-electron chi connectivity index (χ4n) is 6.79. The maximum Gasteiger partial charge on any atom is 0.314 e. The molecule has 2 bridgehead atoms. The van der Waals surface area contributed by atoms with E-state index in [0.29, 0.717) is 25.7 Å². The zero-order valence-corrected chi connectivity index (χ0v) is 16.2. The van der Waals surface area contributed by atoms with Crippen molar-refractivity contribution < 1.29 is 29.3 Å². The number of methoxy groups -OCH3 is 2. The lowest BCUT2D eigenvalue weighted by molar-refractivity contribution is -0.171. The lowest BCUT2D eigenvalue weighted by Crippen LogP contribution is -2.52. The van der Waals surface area contributed by atoms with Gasteiger partial charge in [0.15, 0.2) is 0 Å². The summed E-state index contributed by atoms with van der Waals surface area (Å²) in [5.74, 6) is -1.95. The first-order valence-corrected chi connectivity index (χ1v) is 9.60. The molecule has 4 aliphatic rings. The van der Waals surface area contributed by atoms with E-state index in [1.54, 1.807) is 6.92 Å². The normalized spacial score (nSPS) is 47.7. The Morgan fingerprint density at radius 3 is 2.63 bits per heavy atom. The number of rotatable bonds is 2. The highest BCUT2D eigenvalue weighted by Gasteiger charge is 2.73. The molecule has 6 nitrogen and oxygen atoms in total. The van der Waals surface area contributed by atoms with Gasteiger partial charge in [-0.05, 0) is 55.9 Å². The minimum absolute atomic E-state index is 0.0719. The molecule has 148 valence electrons. The van der Waals surface area contributed by atoms with E-state index in [1.165, 1.54) is 14.2 Å². The van der Waals surface area contributed by atoms with Crippen LogP contribution in [0, 0.1) is 28.6 Å². The number of allylic oxidation sites excluding steroid dienone is 1. The predicted octanol–water partition coefficient (Wildman–Crippen LogP) is 1.75. The number of carbonyl (C=O) groups is 2. The molecular formula is C21H28O6. The van der Waals surface area contributed by atoms with Gasteiger partial charge in [0.25, 0.3) is 0 Å². The molecule has 0 saturated heterocycles. The summed E-state index contributed by atoms with van der Waals surface area (Å²) in [5.41, 5.74) is -0.908. The van der Waals surface area contributed by atoms with Gasteiger partial charge in [-0.15, -0.1) is 0 Å². The van der Waals surface area contributed by atoms with Crippen molar-refractivity contribution in [2.45, 2.75) is 50.7 Å². The lowest BCUT2D eigenvalue weighted by atomic mass is 9.60. The van der Waals surface area contributed by atoms with Crippen LogP contribution < -0.4 is 0 Å². The van der Waals surface area contributed by atoms with Crippen molar-refractivity contribution in [1.82, 2.24) is 0 Å². The summed E-state index contributed by atoms with van der Waals surface area (Å²) in [5, 5.41) is 21.9. The Morgan fingerprint density at radius 2 is 2.00 bits per heavy atom. The molecule has 2 N–H and O–H groups in total. The van der Waals surface area contributed by atoms with Crippen LogP contribution in [0.2, 0.25) is 0 Å². The van der Waals surface area contributed by atoms with Crippen LogP contribution in [0.4, 0.5) is 0 Å². The molecule has 0 unspecified atom stereocenters. The molecule has 1 spiro atoms. The molecule has 0 amide bonds. The van der Waals surface area contributed by atoms with Gasteiger partial charge in [-0.1, -0.05) is 18.2 Å². The van der Waals surface area contributed by atoms with Crippen molar-refractivity contribution in [3.8, 4) is 0 Å². The van der Waals surface area contributed by atoms with Crippen molar-refractivity contribution in [3.05, 3.63) is 23.8 Å². The summed E-state index contributed by atoms with van der Waals surface area (Å²) >= 11 is 0. The van der Waals surface area contributed by atoms with Gasteiger partial charge in [0.2, 0.25) is 0 Å². The monoisotopic (exact) mass is 376 g/mol. The van der Waals surface area contributed by atoms with Crippen molar-refractivity contribution in [1.29, 1.82) is 0 Å². The van der Waals surface area contributed by atoms with Crippen LogP contribution in [0.3, 0.4) is 0 Å². The Bertz CT molecular complexity index is 756. The van der Waals surface area contributed by atoms with Gasteiger partial charge in [0.1, 0.15) is 0 Å². The second kappa shape index (κ2) is 5.67. The van der Waals surface area contributed by atoms with Crippen LogP contribution in [-0.2, 0) is 19.1 Å². The van der Waals surface area contributed by atoms with E-state index in [4.69, 9.17) is 9.47 Å². The highest BCUT2D eigenvalue weighted by molar-refractivity contribution is 5.83. The van der Waals surface area contributed by atoms with E-state index >= 15 is 0 Å². The number of aliphatic hydroxyl groups excluding tert-OH is 1. The Kier molecular flexibility index (Phi) is 3.93. The van der Waals surface area contributed by atoms with E-state index in [9.17, 15) is 19.8 Å². The van der Waals surface area contributed by atoms with Crippen molar-refractivity contribution >= 4 is 11.9 Å². The molecule has 0 aromatic carbocycles. The number of esters is 2. The second-order valence-corrected chi connectivity index (χ2v) is 9.02. The third-order valence-corrected chi connectivity index (χ3v) is 8.07. The topological polar surface area (TPSA) is 93.1 Å². The van der Waals surface area contributed by atoms with Gasteiger partial charge in [0.05, 0.1) is 37.3 Å². The summed E-state index contributed by atoms with van der Waals surface area (Å²) in [6.45, 7) is 5.80. The van der Waals surface area contributed by atoms with E-state index in [1.807, 2.05) is 6.08 Å². The maximum atomic E-state index is 13.0. The number of aliphatic hydroxyl groups is 2. The number of carbonyl (C=O) groups excluding carboxylic acids is 2. The molecule has 3 fully saturated rings. The quantitative estimate of drug-likeness (QED) is 0.563. The van der Waals surface area contributed by atoms with Crippen LogP contribution in [0.15, 0.2) is 23.8 Å². The molecule has 3 saturated carbocycles. The van der Waals surface area contributed by atoms with Gasteiger partial charge in [0, 0.05) is 5.92 Å². The van der Waals surface area contributed by atoms with Crippen molar-refractivity contribution in [2.75, 3.05) is 14.2 Å². The molecule has 7 atom stereocenters. The standard InChI is InChI=1S/C21H28O6/c1-11-9-20-10-21(11,25)8-7-13(20)12-5-6-14(22)19(2,18(24)27-4)15(12)16(20)17(23)26-3/h5,13-16,22,25H,1,6-10H2,2-4H3/t13-,14-,15+,16+,19+,20+,21+/m0/s1. The van der Waals surface area contributed by atoms with E-state index in [0.717, 1.165) is 17.6 Å². The van der Waals surface area contributed by atoms with Crippen LogP contribution in [-0.4, -0.2) is 48.1 Å². The third-order valence-electron chi connectivity index (χ3n) is 8.07. The van der Waals surface area contributed by atoms with E-state index in [2.05, 4.69) is 6.58 Å². The SMILES string of the molecule is C=C1C[C@@]23C[C@]1(O)CC[C@H]2C1=CC[C@H](O)[C@@](C)(C(=O)OC)[C@H]1[C@@H]3C(=O)OC. The van der Waals surface area contributed by atoms with E-state index in [-0.39, 0.29) is 5.92 Å². The minimum Gasteiger partial charge on any atom is -0.469 e. The fourth-order valence-corrected chi connectivity index (χ4v) is 6.79. The molecule has 4 aliphatic carbocycles. The van der Waals surface area contributed by atoms with E-state index < -0.39 is 46.3 Å². The second-order valence-electron chi connectivity index (χ2n) is 9.02. The fraction of sp³-hybridized carbons (Fsp3) is 0.714. The Labute approximate surface area is 159 Å². The Morgan fingerprint density at radius 1 is 1.30 bits per heavy atom. The van der Waals surface area contributed by atoms with Gasteiger partial charge in [-0.2, -0.15) is 0 Å².